The van der Waals surface area contributed by atoms with Crippen molar-refractivity contribution in [3.8, 4) is 5.75 Å². The number of hydrogen-bond acceptors (Lipinski definition) is 1. The molecular formula is C19H17OPSe. The van der Waals surface area contributed by atoms with E-state index in [-0.39, 0.29) is 0 Å². The van der Waals surface area contributed by atoms with Crippen molar-refractivity contribution in [3.05, 3.63) is 84.9 Å². The van der Waals surface area contributed by atoms with Crippen LogP contribution in [-0.4, -0.2) is 22.2 Å². The third-order valence-corrected chi connectivity index (χ3v) is 10.7. The van der Waals surface area contributed by atoms with Crippen molar-refractivity contribution in [2.75, 3.05) is 7.11 Å². The van der Waals surface area contributed by atoms with Crippen molar-refractivity contribution in [2.45, 2.75) is 0 Å². The first-order valence-electron chi connectivity index (χ1n) is 7.11. The minimum atomic E-state index is -1.83. The molecule has 0 aromatic heterocycles. The van der Waals surface area contributed by atoms with Gasteiger partial charge in [0.15, 0.2) is 0 Å². The second kappa shape index (κ2) is 6.67. The van der Waals surface area contributed by atoms with Gasteiger partial charge in [-0.2, -0.15) is 0 Å². The van der Waals surface area contributed by atoms with Crippen LogP contribution in [0, 0.1) is 0 Å². The van der Waals surface area contributed by atoms with E-state index in [2.05, 4.69) is 87.9 Å². The maximum absolute atomic E-state index is 5.64. The number of hydrogen-bond donors (Lipinski definition) is 0. The molecule has 110 valence electrons. The molecule has 0 amide bonds. The van der Waals surface area contributed by atoms with Crippen LogP contribution in [0.1, 0.15) is 0 Å². The molecule has 0 N–H and O–H groups in total. The molecule has 0 radical (unpaired) electrons. The summed E-state index contributed by atoms with van der Waals surface area (Å²) < 4.78 is 5.64. The van der Waals surface area contributed by atoms with Gasteiger partial charge < -0.3 is 0 Å². The Morgan fingerprint density at radius 2 is 1.14 bits per heavy atom. The van der Waals surface area contributed by atoms with E-state index in [0.717, 1.165) is 5.75 Å². The van der Waals surface area contributed by atoms with Crippen LogP contribution in [0.4, 0.5) is 0 Å². The topological polar surface area (TPSA) is 9.23 Å². The van der Waals surface area contributed by atoms with Crippen molar-refractivity contribution in [2.24, 2.45) is 0 Å². The van der Waals surface area contributed by atoms with E-state index >= 15 is 0 Å². The Hall–Kier alpha value is -1.59. The van der Waals surface area contributed by atoms with E-state index in [4.69, 9.17) is 4.74 Å². The van der Waals surface area contributed by atoms with Crippen LogP contribution in [-0.2, 0) is 0 Å². The molecule has 0 aliphatic heterocycles. The molecule has 0 atom stereocenters. The average molecular weight is 371 g/mol. The summed E-state index contributed by atoms with van der Waals surface area (Å²) in [5, 5.41) is 3.85. The Bertz CT molecular complexity index is 756. The summed E-state index contributed by atoms with van der Waals surface area (Å²) in [5.74, 6) is 0.933. The Morgan fingerprint density at radius 3 is 1.64 bits per heavy atom. The number of ether oxygens (including phenoxy) is 1. The standard InChI is InChI=1S/C19H17OPSe/c1-20-18-14-8-9-15-19(18)21(22,16-10-4-2-5-11-16)17-12-6-3-7-13-17/h2-15H,1H3. The molecule has 0 bridgehead atoms. The first-order chi connectivity index (χ1) is 10.8. The summed E-state index contributed by atoms with van der Waals surface area (Å²) in [6.07, 6.45) is 0. The van der Waals surface area contributed by atoms with Crippen LogP contribution in [0.15, 0.2) is 84.9 Å². The van der Waals surface area contributed by atoms with Crippen LogP contribution in [0.3, 0.4) is 0 Å². The molecular weight excluding hydrogens is 354 g/mol. The van der Waals surface area contributed by atoms with Gasteiger partial charge >= 0.3 is 139 Å². The normalized spacial score (nSPS) is 11.1. The van der Waals surface area contributed by atoms with Gasteiger partial charge in [0.25, 0.3) is 0 Å². The maximum atomic E-state index is 5.64. The number of benzene rings is 3. The molecule has 0 spiro atoms. The molecule has 1 nitrogen and oxygen atoms in total. The molecule has 0 unspecified atom stereocenters. The van der Waals surface area contributed by atoms with Crippen molar-refractivity contribution in [1.29, 1.82) is 0 Å². The zero-order valence-corrected chi connectivity index (χ0v) is 15.0. The summed E-state index contributed by atoms with van der Waals surface area (Å²) in [6, 6.07) is 29.6. The molecule has 0 aliphatic carbocycles. The fourth-order valence-corrected chi connectivity index (χ4v) is 7.89. The monoisotopic (exact) mass is 372 g/mol. The summed E-state index contributed by atoms with van der Waals surface area (Å²) in [5.41, 5.74) is -1.83. The van der Waals surface area contributed by atoms with Crippen molar-refractivity contribution < 1.29 is 4.74 Å². The minimum absolute atomic E-state index is 0.933. The fraction of sp³-hybridized carbons (Fsp3) is 0.0526. The van der Waals surface area contributed by atoms with Gasteiger partial charge in [0, 0.05) is 0 Å². The van der Waals surface area contributed by atoms with E-state index in [1.807, 2.05) is 12.1 Å². The van der Waals surface area contributed by atoms with Crippen LogP contribution >= 0.6 is 5.51 Å². The molecule has 0 saturated carbocycles. The van der Waals surface area contributed by atoms with Gasteiger partial charge in [-0.15, -0.1) is 0 Å². The summed E-state index contributed by atoms with van der Waals surface area (Å²) in [4.78, 5) is 0. The van der Waals surface area contributed by atoms with Crippen molar-refractivity contribution in [3.63, 3.8) is 0 Å². The fourth-order valence-electron chi connectivity index (χ4n) is 2.59. The van der Waals surface area contributed by atoms with E-state index in [9.17, 15) is 0 Å². The predicted octanol–water partition coefficient (Wildman–Crippen LogP) is 3.07. The summed E-state index contributed by atoms with van der Waals surface area (Å²) >= 11 is 3.55. The Kier molecular flexibility index (Phi) is 4.64. The molecule has 3 aromatic rings. The molecule has 0 aliphatic rings. The van der Waals surface area contributed by atoms with E-state index in [1.54, 1.807) is 7.11 Å². The molecule has 0 fully saturated rings. The third kappa shape index (κ3) is 2.71. The molecule has 3 heteroatoms. The van der Waals surface area contributed by atoms with E-state index in [1.165, 1.54) is 15.9 Å². The van der Waals surface area contributed by atoms with Gasteiger partial charge in [0.2, 0.25) is 0 Å². The van der Waals surface area contributed by atoms with Gasteiger partial charge in [-0.05, 0) is 0 Å². The summed E-state index contributed by atoms with van der Waals surface area (Å²) in [7, 11) is 1.74. The van der Waals surface area contributed by atoms with Gasteiger partial charge in [0.05, 0.1) is 0 Å². The second-order valence-electron chi connectivity index (χ2n) is 4.95. The predicted molar refractivity (Wildman–Crippen MR) is 97.5 cm³/mol. The van der Waals surface area contributed by atoms with Gasteiger partial charge in [-0.25, -0.2) is 0 Å². The van der Waals surface area contributed by atoms with Crippen LogP contribution in [0.25, 0.3) is 0 Å². The quantitative estimate of drug-likeness (QED) is 0.506. The average Bonchev–Trinajstić information content (AvgIpc) is 2.62. The second-order valence-corrected chi connectivity index (χ2v) is 11.1. The Morgan fingerprint density at radius 1 is 0.682 bits per heavy atom. The van der Waals surface area contributed by atoms with Gasteiger partial charge in [0.1, 0.15) is 0 Å². The van der Waals surface area contributed by atoms with E-state index < -0.39 is 5.51 Å². The zero-order chi connectivity index (χ0) is 15.4. The van der Waals surface area contributed by atoms with Gasteiger partial charge in [-0.1, -0.05) is 0 Å². The Labute approximate surface area is 139 Å². The van der Waals surface area contributed by atoms with E-state index in [0.29, 0.717) is 0 Å². The van der Waals surface area contributed by atoms with Crippen LogP contribution in [0.2, 0.25) is 0 Å². The van der Waals surface area contributed by atoms with Crippen LogP contribution < -0.4 is 20.7 Å². The first-order valence-corrected chi connectivity index (χ1v) is 11.1. The molecule has 22 heavy (non-hydrogen) atoms. The molecule has 0 saturated heterocycles. The number of para-hydroxylation sites is 1. The van der Waals surface area contributed by atoms with Crippen molar-refractivity contribution in [1.82, 2.24) is 0 Å². The molecule has 3 aromatic carbocycles. The third-order valence-electron chi connectivity index (χ3n) is 3.66. The first kappa shape index (κ1) is 15.3. The number of rotatable bonds is 4. The van der Waals surface area contributed by atoms with Crippen molar-refractivity contribution >= 4 is 36.5 Å². The molecule has 3 rings (SSSR count). The zero-order valence-electron chi connectivity index (χ0n) is 12.3. The molecule has 0 heterocycles. The van der Waals surface area contributed by atoms with Crippen LogP contribution in [0.5, 0.6) is 5.75 Å². The number of methoxy groups -OCH3 is 1. The van der Waals surface area contributed by atoms with Gasteiger partial charge in [-0.3, -0.25) is 0 Å². The SMILES string of the molecule is COc1ccccc1P(=[Se])(c1ccccc1)c1ccccc1. The Balaban J connectivity index is 2.32. The summed E-state index contributed by atoms with van der Waals surface area (Å²) in [6.45, 7) is 0.